The first kappa shape index (κ1) is 10.3. The molecule has 0 aromatic rings. The second-order valence-corrected chi connectivity index (χ2v) is 3.91. The second-order valence-electron chi connectivity index (χ2n) is 2.76. The minimum Gasteiger partial charge on any atom is -0.327 e. The Morgan fingerprint density at radius 1 is 1.40 bits per heavy atom. The Balaban J connectivity index is 2.77. The Morgan fingerprint density at radius 2 is 2.10 bits per heavy atom. The zero-order valence-corrected chi connectivity index (χ0v) is 7.91. The number of thioether (sulfide) groups is 1. The highest BCUT2D eigenvalue weighted by atomic mass is 32.2. The lowest BCUT2D eigenvalue weighted by molar-refractivity contribution is 0.776. The van der Waals surface area contributed by atoms with Crippen molar-refractivity contribution in [1.82, 2.24) is 0 Å². The third-order valence-corrected chi connectivity index (χ3v) is 2.61. The minimum absolute atomic E-state index is 0.367. The van der Waals surface area contributed by atoms with Crippen molar-refractivity contribution < 1.29 is 0 Å². The molecule has 0 aliphatic carbocycles. The third kappa shape index (κ3) is 8.31. The molecule has 1 atom stereocenters. The van der Waals surface area contributed by atoms with Gasteiger partial charge in [0.2, 0.25) is 0 Å². The fraction of sp³-hybridized carbons (Fsp3) is 1.00. The molecule has 0 spiro atoms. The van der Waals surface area contributed by atoms with Crippen LogP contribution in [0.4, 0.5) is 0 Å². The summed E-state index contributed by atoms with van der Waals surface area (Å²) in [6.07, 6.45) is 4.04. The molecular weight excluding hydrogens is 142 g/mol. The van der Waals surface area contributed by atoms with Gasteiger partial charge in [0.25, 0.3) is 0 Å². The molecule has 0 amide bonds. The predicted octanol–water partition coefficient (Wildman–Crippen LogP) is 2.26. The van der Waals surface area contributed by atoms with Gasteiger partial charge < -0.3 is 5.73 Å². The van der Waals surface area contributed by atoms with Crippen LogP contribution < -0.4 is 5.73 Å². The number of unbranched alkanes of at least 4 members (excludes halogenated alkanes) is 2. The summed E-state index contributed by atoms with van der Waals surface area (Å²) in [5.74, 6) is 2.40. The van der Waals surface area contributed by atoms with Crippen molar-refractivity contribution in [3.63, 3.8) is 0 Å². The molecular formula is C8H19NS. The summed E-state index contributed by atoms with van der Waals surface area (Å²) in [6, 6.07) is 0.367. The van der Waals surface area contributed by atoms with E-state index < -0.39 is 0 Å². The van der Waals surface area contributed by atoms with Gasteiger partial charge in [-0.2, -0.15) is 11.8 Å². The molecule has 0 heterocycles. The fourth-order valence-electron chi connectivity index (χ4n) is 0.723. The monoisotopic (exact) mass is 161 g/mol. The Morgan fingerprint density at radius 3 is 2.60 bits per heavy atom. The van der Waals surface area contributed by atoms with Crippen LogP contribution in [0.25, 0.3) is 0 Å². The minimum atomic E-state index is 0.367. The van der Waals surface area contributed by atoms with Gasteiger partial charge in [0, 0.05) is 11.8 Å². The van der Waals surface area contributed by atoms with Crippen LogP contribution in [0.5, 0.6) is 0 Å². The highest BCUT2D eigenvalue weighted by molar-refractivity contribution is 7.99. The van der Waals surface area contributed by atoms with Gasteiger partial charge >= 0.3 is 0 Å². The van der Waals surface area contributed by atoms with Crippen LogP contribution in [0, 0.1) is 0 Å². The van der Waals surface area contributed by atoms with Gasteiger partial charge in [0.1, 0.15) is 0 Å². The van der Waals surface area contributed by atoms with Crippen molar-refractivity contribution in [1.29, 1.82) is 0 Å². The summed E-state index contributed by atoms with van der Waals surface area (Å²) in [4.78, 5) is 0. The summed E-state index contributed by atoms with van der Waals surface area (Å²) in [6.45, 7) is 4.29. The van der Waals surface area contributed by atoms with Crippen molar-refractivity contribution in [2.45, 2.75) is 39.2 Å². The molecule has 0 fully saturated rings. The summed E-state index contributed by atoms with van der Waals surface area (Å²) in [5, 5.41) is 0. The maximum atomic E-state index is 5.59. The third-order valence-electron chi connectivity index (χ3n) is 1.27. The van der Waals surface area contributed by atoms with Crippen molar-refractivity contribution in [3.05, 3.63) is 0 Å². The molecule has 0 aliphatic heterocycles. The topological polar surface area (TPSA) is 26.0 Å². The molecule has 2 N–H and O–H groups in total. The molecule has 0 aromatic carbocycles. The van der Waals surface area contributed by atoms with Crippen molar-refractivity contribution in [2.75, 3.05) is 11.5 Å². The van der Waals surface area contributed by atoms with Crippen LogP contribution in [0.1, 0.15) is 33.1 Å². The van der Waals surface area contributed by atoms with E-state index in [1.54, 1.807) is 0 Å². The van der Waals surface area contributed by atoms with Gasteiger partial charge in [-0.1, -0.05) is 19.8 Å². The van der Waals surface area contributed by atoms with E-state index in [1.165, 1.54) is 25.0 Å². The summed E-state index contributed by atoms with van der Waals surface area (Å²) in [5.41, 5.74) is 5.59. The Bertz CT molecular complexity index is 64.3. The van der Waals surface area contributed by atoms with E-state index >= 15 is 0 Å². The molecule has 0 radical (unpaired) electrons. The first-order chi connectivity index (χ1) is 4.77. The number of nitrogens with two attached hydrogens (primary N) is 1. The number of hydrogen-bond acceptors (Lipinski definition) is 2. The molecule has 0 saturated heterocycles. The van der Waals surface area contributed by atoms with Gasteiger partial charge in [0.15, 0.2) is 0 Å². The maximum absolute atomic E-state index is 5.59. The van der Waals surface area contributed by atoms with Gasteiger partial charge in [-0.15, -0.1) is 0 Å². The molecule has 62 valence electrons. The van der Waals surface area contributed by atoms with Crippen LogP contribution in [0.15, 0.2) is 0 Å². The van der Waals surface area contributed by atoms with E-state index in [-0.39, 0.29) is 0 Å². The van der Waals surface area contributed by atoms with Crippen LogP contribution in [0.2, 0.25) is 0 Å². The number of hydrogen-bond donors (Lipinski definition) is 1. The largest absolute Gasteiger partial charge is 0.327 e. The van der Waals surface area contributed by atoms with Crippen molar-refractivity contribution in [2.24, 2.45) is 5.73 Å². The Hall–Kier alpha value is 0.310. The van der Waals surface area contributed by atoms with Crippen molar-refractivity contribution in [3.8, 4) is 0 Å². The van der Waals surface area contributed by atoms with Crippen LogP contribution in [-0.2, 0) is 0 Å². The molecule has 0 bridgehead atoms. The van der Waals surface area contributed by atoms with E-state index in [2.05, 4.69) is 13.8 Å². The smallest absolute Gasteiger partial charge is 0.0101 e. The second kappa shape index (κ2) is 7.42. The highest BCUT2D eigenvalue weighted by Crippen LogP contribution is 2.06. The molecule has 0 rings (SSSR count). The lowest BCUT2D eigenvalue weighted by Crippen LogP contribution is -2.17. The number of rotatable bonds is 6. The zero-order chi connectivity index (χ0) is 7.82. The van der Waals surface area contributed by atoms with Gasteiger partial charge in [0.05, 0.1) is 0 Å². The summed E-state index contributed by atoms with van der Waals surface area (Å²) in [7, 11) is 0. The van der Waals surface area contributed by atoms with E-state index in [9.17, 15) is 0 Å². The lowest BCUT2D eigenvalue weighted by atomic mass is 10.3. The fourth-order valence-corrected chi connectivity index (χ4v) is 1.67. The van der Waals surface area contributed by atoms with E-state index in [0.29, 0.717) is 6.04 Å². The Labute approximate surface area is 68.8 Å². The predicted molar refractivity (Wildman–Crippen MR) is 50.5 cm³/mol. The average molecular weight is 161 g/mol. The molecule has 2 heteroatoms. The first-order valence-electron chi connectivity index (χ1n) is 4.10. The molecule has 0 aliphatic rings. The van der Waals surface area contributed by atoms with Gasteiger partial charge in [-0.05, 0) is 19.1 Å². The van der Waals surface area contributed by atoms with Crippen LogP contribution in [0.3, 0.4) is 0 Å². The SMILES string of the molecule is CCCCCSCC(C)N. The normalized spacial score (nSPS) is 13.5. The standard InChI is InChI=1S/C8H19NS/c1-3-4-5-6-10-7-8(2)9/h8H,3-7,9H2,1-2H3. The average Bonchev–Trinajstić information content (AvgIpc) is 1.87. The molecule has 1 unspecified atom stereocenters. The Kier molecular flexibility index (Phi) is 7.65. The molecule has 10 heavy (non-hydrogen) atoms. The quantitative estimate of drug-likeness (QED) is 0.605. The van der Waals surface area contributed by atoms with Gasteiger partial charge in [-0.25, -0.2) is 0 Å². The van der Waals surface area contributed by atoms with Crippen LogP contribution >= 0.6 is 11.8 Å². The summed E-state index contributed by atoms with van der Waals surface area (Å²) >= 11 is 1.98. The van der Waals surface area contributed by atoms with E-state index in [0.717, 1.165) is 5.75 Å². The van der Waals surface area contributed by atoms with E-state index in [4.69, 9.17) is 5.73 Å². The lowest BCUT2D eigenvalue weighted by Gasteiger charge is -2.03. The first-order valence-corrected chi connectivity index (χ1v) is 5.26. The zero-order valence-electron chi connectivity index (χ0n) is 7.10. The highest BCUT2D eigenvalue weighted by Gasteiger charge is 1.92. The van der Waals surface area contributed by atoms with Crippen molar-refractivity contribution >= 4 is 11.8 Å². The van der Waals surface area contributed by atoms with E-state index in [1.807, 2.05) is 11.8 Å². The maximum Gasteiger partial charge on any atom is 0.0101 e. The van der Waals surface area contributed by atoms with Gasteiger partial charge in [-0.3, -0.25) is 0 Å². The molecule has 0 aromatic heterocycles. The summed E-state index contributed by atoms with van der Waals surface area (Å²) < 4.78 is 0. The molecule has 0 saturated carbocycles. The molecule has 1 nitrogen and oxygen atoms in total. The van der Waals surface area contributed by atoms with Crippen LogP contribution in [-0.4, -0.2) is 17.5 Å².